The molecule has 118 valence electrons. The topological polar surface area (TPSA) is 61.8 Å². The summed E-state index contributed by atoms with van der Waals surface area (Å²) in [5.41, 5.74) is 0.107. The lowest BCUT2D eigenvalue weighted by Crippen LogP contribution is -2.49. The zero-order valence-corrected chi connectivity index (χ0v) is 13.3. The lowest BCUT2D eigenvalue weighted by molar-refractivity contribution is -0.160. The number of allylic oxidation sites excluding steroid dienone is 1. The van der Waals surface area contributed by atoms with Gasteiger partial charge in [-0.15, -0.1) is 0 Å². The molecular formula is C17H20O5. The van der Waals surface area contributed by atoms with Crippen LogP contribution in [0.4, 0.5) is 0 Å². The third kappa shape index (κ3) is 2.58. The minimum absolute atomic E-state index is 0.187. The number of para-hydroxylation sites is 1. The average Bonchev–Trinajstić information content (AvgIpc) is 2.47. The maximum Gasteiger partial charge on any atom is 0.355 e. The van der Waals surface area contributed by atoms with Gasteiger partial charge in [-0.1, -0.05) is 18.2 Å². The zero-order valence-electron chi connectivity index (χ0n) is 13.3. The van der Waals surface area contributed by atoms with E-state index in [4.69, 9.17) is 14.2 Å². The fraction of sp³-hybridized carbons (Fsp3) is 0.412. The molecule has 1 aromatic carbocycles. The highest BCUT2D eigenvalue weighted by molar-refractivity contribution is 6.07. The third-order valence-electron chi connectivity index (χ3n) is 3.60. The summed E-state index contributed by atoms with van der Waals surface area (Å²) in [5, 5.41) is 0. The SMILES string of the molecule is CCOC(=O)C1=C(C)c2ccccc2O[C@]1(C)C(=O)OCC. The van der Waals surface area contributed by atoms with E-state index in [9.17, 15) is 9.59 Å². The molecule has 0 N–H and O–H groups in total. The second-order valence-corrected chi connectivity index (χ2v) is 5.07. The molecule has 0 spiro atoms. The average molecular weight is 304 g/mol. The van der Waals surface area contributed by atoms with Crippen molar-refractivity contribution in [3.63, 3.8) is 0 Å². The van der Waals surface area contributed by atoms with E-state index in [0.717, 1.165) is 5.56 Å². The van der Waals surface area contributed by atoms with Crippen LogP contribution in [-0.2, 0) is 19.1 Å². The third-order valence-corrected chi connectivity index (χ3v) is 3.60. The first-order valence-electron chi connectivity index (χ1n) is 7.29. The molecule has 0 aliphatic carbocycles. The predicted molar refractivity (Wildman–Crippen MR) is 81.3 cm³/mol. The minimum Gasteiger partial charge on any atom is -0.470 e. The van der Waals surface area contributed by atoms with Gasteiger partial charge in [0, 0.05) is 5.56 Å². The normalized spacial score (nSPS) is 20.0. The van der Waals surface area contributed by atoms with Crippen molar-refractivity contribution in [3.05, 3.63) is 35.4 Å². The van der Waals surface area contributed by atoms with Crippen LogP contribution >= 0.6 is 0 Å². The maximum atomic E-state index is 12.4. The van der Waals surface area contributed by atoms with Gasteiger partial charge < -0.3 is 14.2 Å². The Labute approximate surface area is 129 Å². The lowest BCUT2D eigenvalue weighted by atomic mass is 9.85. The van der Waals surface area contributed by atoms with Gasteiger partial charge in [0.25, 0.3) is 0 Å². The highest BCUT2D eigenvalue weighted by Gasteiger charge is 2.49. The summed E-state index contributed by atoms with van der Waals surface area (Å²) < 4.78 is 16.1. The minimum atomic E-state index is -1.51. The van der Waals surface area contributed by atoms with Crippen molar-refractivity contribution >= 4 is 17.5 Å². The molecule has 0 unspecified atom stereocenters. The van der Waals surface area contributed by atoms with E-state index in [-0.39, 0.29) is 18.8 Å². The monoisotopic (exact) mass is 304 g/mol. The van der Waals surface area contributed by atoms with Gasteiger partial charge in [-0.3, -0.25) is 0 Å². The number of esters is 2. The van der Waals surface area contributed by atoms with Gasteiger partial charge in [-0.25, -0.2) is 9.59 Å². The number of benzene rings is 1. The quantitative estimate of drug-likeness (QED) is 0.800. The van der Waals surface area contributed by atoms with Crippen LogP contribution in [0.5, 0.6) is 5.75 Å². The smallest absolute Gasteiger partial charge is 0.355 e. The van der Waals surface area contributed by atoms with E-state index in [1.54, 1.807) is 26.8 Å². The molecule has 0 aromatic heterocycles. The summed E-state index contributed by atoms with van der Waals surface area (Å²) in [5.74, 6) is -0.624. The zero-order chi connectivity index (χ0) is 16.3. The molecule has 1 heterocycles. The molecule has 2 rings (SSSR count). The summed E-state index contributed by atoms with van der Waals surface area (Å²) >= 11 is 0. The van der Waals surface area contributed by atoms with E-state index in [1.807, 2.05) is 18.2 Å². The summed E-state index contributed by atoms with van der Waals surface area (Å²) in [4.78, 5) is 24.8. The van der Waals surface area contributed by atoms with Crippen LogP contribution in [0.2, 0.25) is 0 Å². The maximum absolute atomic E-state index is 12.4. The molecule has 1 aliphatic heterocycles. The molecule has 1 aliphatic rings. The fourth-order valence-electron chi connectivity index (χ4n) is 2.59. The van der Waals surface area contributed by atoms with Crippen molar-refractivity contribution in [3.8, 4) is 5.75 Å². The first-order valence-corrected chi connectivity index (χ1v) is 7.29. The molecule has 5 heteroatoms. The highest BCUT2D eigenvalue weighted by atomic mass is 16.6. The molecule has 1 atom stereocenters. The fourth-order valence-corrected chi connectivity index (χ4v) is 2.59. The van der Waals surface area contributed by atoms with Gasteiger partial charge in [0.1, 0.15) is 5.75 Å². The predicted octanol–water partition coefficient (Wildman–Crippen LogP) is 2.74. The molecule has 1 aromatic rings. The molecule has 5 nitrogen and oxygen atoms in total. The molecule has 0 fully saturated rings. The van der Waals surface area contributed by atoms with E-state index in [0.29, 0.717) is 11.3 Å². The Bertz CT molecular complexity index is 632. The summed E-state index contributed by atoms with van der Waals surface area (Å²) in [6, 6.07) is 7.27. The molecule has 0 amide bonds. The van der Waals surface area contributed by atoms with Crippen molar-refractivity contribution in [2.75, 3.05) is 13.2 Å². The number of rotatable bonds is 4. The number of fused-ring (bicyclic) bond motifs is 1. The van der Waals surface area contributed by atoms with Crippen LogP contribution in [0, 0.1) is 0 Å². The van der Waals surface area contributed by atoms with Crippen LogP contribution in [0.3, 0.4) is 0 Å². The molecule has 0 bridgehead atoms. The molecule has 0 radical (unpaired) electrons. The van der Waals surface area contributed by atoms with E-state index >= 15 is 0 Å². The van der Waals surface area contributed by atoms with Crippen LogP contribution in [0.25, 0.3) is 5.57 Å². The summed E-state index contributed by atoms with van der Waals surface area (Å²) in [6.45, 7) is 7.16. The Balaban J connectivity index is 2.61. The highest BCUT2D eigenvalue weighted by Crippen LogP contribution is 2.41. The number of carbonyl (C=O) groups is 2. The second kappa shape index (κ2) is 6.22. The number of hydrogen-bond acceptors (Lipinski definition) is 5. The summed E-state index contributed by atoms with van der Waals surface area (Å²) in [6.07, 6.45) is 0. The van der Waals surface area contributed by atoms with Crippen LogP contribution < -0.4 is 4.74 Å². The van der Waals surface area contributed by atoms with E-state index in [2.05, 4.69) is 0 Å². The lowest BCUT2D eigenvalue weighted by Gasteiger charge is -2.35. The van der Waals surface area contributed by atoms with Crippen LogP contribution in [-0.4, -0.2) is 30.8 Å². The Morgan fingerprint density at radius 3 is 2.41 bits per heavy atom. The van der Waals surface area contributed by atoms with Gasteiger partial charge in [0.15, 0.2) is 0 Å². The van der Waals surface area contributed by atoms with Crippen molar-refractivity contribution < 1.29 is 23.8 Å². The van der Waals surface area contributed by atoms with Crippen LogP contribution in [0.1, 0.15) is 33.3 Å². The summed E-state index contributed by atoms with van der Waals surface area (Å²) in [7, 11) is 0. The molecule has 0 saturated heterocycles. The van der Waals surface area contributed by atoms with Gasteiger partial charge >= 0.3 is 11.9 Å². The van der Waals surface area contributed by atoms with Crippen LogP contribution in [0.15, 0.2) is 29.8 Å². The number of hydrogen-bond donors (Lipinski definition) is 0. The van der Waals surface area contributed by atoms with Crippen molar-refractivity contribution in [1.82, 2.24) is 0 Å². The second-order valence-electron chi connectivity index (χ2n) is 5.07. The van der Waals surface area contributed by atoms with Gasteiger partial charge in [0.2, 0.25) is 5.60 Å². The first-order chi connectivity index (χ1) is 10.5. The molecular weight excluding hydrogens is 284 g/mol. The standard InChI is InChI=1S/C17H20O5/c1-5-20-15(18)14-11(3)12-9-7-8-10-13(12)22-17(14,4)16(19)21-6-2/h7-10H,5-6H2,1-4H3/t17-/m0/s1. The van der Waals surface area contributed by atoms with Crippen molar-refractivity contribution in [2.45, 2.75) is 33.3 Å². The Morgan fingerprint density at radius 2 is 1.77 bits per heavy atom. The molecule has 22 heavy (non-hydrogen) atoms. The Hall–Kier alpha value is -2.30. The van der Waals surface area contributed by atoms with E-state index in [1.165, 1.54) is 6.92 Å². The Morgan fingerprint density at radius 1 is 1.14 bits per heavy atom. The van der Waals surface area contributed by atoms with Crippen molar-refractivity contribution in [2.24, 2.45) is 0 Å². The largest absolute Gasteiger partial charge is 0.470 e. The Kier molecular flexibility index (Phi) is 4.54. The first kappa shape index (κ1) is 16.1. The van der Waals surface area contributed by atoms with Gasteiger partial charge in [-0.05, 0) is 39.3 Å². The number of ether oxygens (including phenoxy) is 3. The number of carbonyl (C=O) groups excluding carboxylic acids is 2. The van der Waals surface area contributed by atoms with Crippen molar-refractivity contribution in [1.29, 1.82) is 0 Å². The van der Waals surface area contributed by atoms with Gasteiger partial charge in [0.05, 0.1) is 18.8 Å². The van der Waals surface area contributed by atoms with Gasteiger partial charge in [-0.2, -0.15) is 0 Å². The molecule has 0 saturated carbocycles. The van der Waals surface area contributed by atoms with E-state index < -0.39 is 17.5 Å².